The van der Waals surface area contributed by atoms with Crippen LogP contribution in [0.5, 0.6) is 0 Å². The van der Waals surface area contributed by atoms with E-state index in [1.54, 1.807) is 24.3 Å². The smallest absolute Gasteiger partial charge is 0.269 e. The maximum atomic E-state index is 10.9. The van der Waals surface area contributed by atoms with Gasteiger partial charge in [0.1, 0.15) is 0 Å². The summed E-state index contributed by atoms with van der Waals surface area (Å²) >= 11 is 0. The lowest BCUT2D eigenvalue weighted by Crippen LogP contribution is -2.08. The van der Waals surface area contributed by atoms with Crippen LogP contribution in [-0.2, 0) is 6.42 Å². The van der Waals surface area contributed by atoms with Gasteiger partial charge in [-0.05, 0) is 120 Å². The molecule has 0 fully saturated rings. The number of nitro groups is 2. The Morgan fingerprint density at radius 1 is 0.417 bits per heavy atom. The van der Waals surface area contributed by atoms with Gasteiger partial charge < -0.3 is 26.6 Å². The number of non-ortho nitro benzene ring substituents is 2. The zero-order chi connectivity index (χ0) is 33.0. The van der Waals surface area contributed by atoms with Crippen LogP contribution in [0.25, 0.3) is 0 Å². The highest BCUT2D eigenvalue weighted by Gasteiger charge is 2.16. The van der Waals surface area contributed by atoms with Gasteiger partial charge in [0.15, 0.2) is 0 Å². The molecule has 0 aromatic heterocycles. The SMILES string of the molecule is O=[N+]([O-])c1ccc(Nc2ccc(Nc3ccc4c(c3)Cc3cc(Nc5ccc(Nc6ccc([N+](=O)[O-])cc6)cc5)ccc3N4)cc2)cc1. The minimum atomic E-state index is -0.413. The minimum absolute atomic E-state index is 0.0563. The molecular formula is C37H29N7O4. The molecule has 0 atom stereocenters. The fourth-order valence-corrected chi connectivity index (χ4v) is 5.50. The molecular weight excluding hydrogens is 606 g/mol. The first kappa shape index (κ1) is 29.8. The maximum Gasteiger partial charge on any atom is 0.269 e. The fourth-order valence-electron chi connectivity index (χ4n) is 5.50. The van der Waals surface area contributed by atoms with Crippen molar-refractivity contribution < 1.29 is 9.85 Å². The molecule has 0 unspecified atom stereocenters. The summed E-state index contributed by atoms with van der Waals surface area (Å²) in [7, 11) is 0. The number of fused-ring (bicyclic) bond motifs is 2. The second kappa shape index (κ2) is 12.9. The largest absolute Gasteiger partial charge is 0.356 e. The molecule has 0 spiro atoms. The Morgan fingerprint density at radius 3 is 1.00 bits per heavy atom. The van der Waals surface area contributed by atoms with E-state index in [0.29, 0.717) is 0 Å². The zero-order valence-electron chi connectivity index (χ0n) is 25.4. The molecule has 6 aromatic carbocycles. The van der Waals surface area contributed by atoms with Crippen LogP contribution in [-0.4, -0.2) is 9.85 Å². The van der Waals surface area contributed by atoms with E-state index in [4.69, 9.17) is 0 Å². The Hall–Kier alpha value is -6.88. The summed E-state index contributed by atoms with van der Waals surface area (Å²) < 4.78 is 0. The molecule has 0 saturated heterocycles. The topological polar surface area (TPSA) is 146 Å². The van der Waals surface area contributed by atoms with Crippen LogP contribution < -0.4 is 26.6 Å². The van der Waals surface area contributed by atoms with E-state index in [1.807, 2.05) is 48.5 Å². The lowest BCUT2D eigenvalue weighted by Gasteiger charge is -2.23. The van der Waals surface area contributed by atoms with Crippen molar-refractivity contribution in [3.05, 3.63) is 165 Å². The third-order valence-electron chi connectivity index (χ3n) is 7.94. The standard InChI is InChI=1S/C37H29N7O4/c45-43(46)34-15-9-30(10-16-34)38-26-1-5-28(6-2-26)40-32-13-19-36-24(22-32)21-25-23-33(14-20-37(25)42-36)41-29-7-3-27(4-8-29)39-31-11-17-35(18-12-31)44(47)48/h1-20,22-23,38-42H,21H2. The van der Waals surface area contributed by atoms with Gasteiger partial charge in [0.05, 0.1) is 9.85 Å². The van der Waals surface area contributed by atoms with Crippen molar-refractivity contribution in [2.45, 2.75) is 6.42 Å². The van der Waals surface area contributed by atoms with Gasteiger partial charge in [-0.3, -0.25) is 20.2 Å². The highest BCUT2D eigenvalue weighted by atomic mass is 16.6. The predicted octanol–water partition coefficient (Wildman–Crippen LogP) is 10.1. The number of rotatable bonds is 10. The van der Waals surface area contributed by atoms with Crippen LogP contribution in [0.1, 0.15) is 11.1 Å². The number of nitrogens with zero attached hydrogens (tertiary/aromatic N) is 2. The molecule has 1 aliphatic heterocycles. The van der Waals surface area contributed by atoms with Crippen molar-refractivity contribution in [3.8, 4) is 0 Å². The second-order valence-corrected chi connectivity index (χ2v) is 11.3. The normalized spacial score (nSPS) is 11.3. The molecule has 48 heavy (non-hydrogen) atoms. The van der Waals surface area contributed by atoms with Gasteiger partial charge in [-0.2, -0.15) is 0 Å². The number of nitro benzene ring substituents is 2. The molecule has 11 nitrogen and oxygen atoms in total. The second-order valence-electron chi connectivity index (χ2n) is 11.3. The molecule has 7 rings (SSSR count). The van der Waals surface area contributed by atoms with Crippen LogP contribution >= 0.6 is 0 Å². The van der Waals surface area contributed by atoms with Crippen LogP contribution in [0.15, 0.2) is 133 Å². The maximum absolute atomic E-state index is 10.9. The number of anilines is 10. The average molecular weight is 636 g/mol. The average Bonchev–Trinajstić information content (AvgIpc) is 3.09. The van der Waals surface area contributed by atoms with Gasteiger partial charge in [-0.15, -0.1) is 0 Å². The van der Waals surface area contributed by atoms with Crippen molar-refractivity contribution in [3.63, 3.8) is 0 Å². The van der Waals surface area contributed by atoms with Crippen LogP contribution in [0.2, 0.25) is 0 Å². The van der Waals surface area contributed by atoms with Gasteiger partial charge in [0.2, 0.25) is 0 Å². The van der Waals surface area contributed by atoms with E-state index < -0.39 is 9.85 Å². The van der Waals surface area contributed by atoms with Gasteiger partial charge in [0.25, 0.3) is 11.4 Å². The van der Waals surface area contributed by atoms with E-state index in [2.05, 4.69) is 63.0 Å². The first-order valence-electron chi connectivity index (χ1n) is 15.1. The number of hydrogen-bond donors (Lipinski definition) is 5. The van der Waals surface area contributed by atoms with Crippen LogP contribution in [0.4, 0.5) is 68.2 Å². The van der Waals surface area contributed by atoms with Crippen molar-refractivity contribution in [2.24, 2.45) is 0 Å². The van der Waals surface area contributed by atoms with E-state index in [9.17, 15) is 20.2 Å². The summed E-state index contributed by atoms with van der Waals surface area (Å²) in [5.41, 5.74) is 11.8. The molecule has 1 aliphatic rings. The van der Waals surface area contributed by atoms with E-state index in [0.717, 1.165) is 63.3 Å². The lowest BCUT2D eigenvalue weighted by molar-refractivity contribution is -0.385. The molecule has 6 aromatic rings. The third kappa shape index (κ3) is 6.85. The molecule has 11 heteroatoms. The van der Waals surface area contributed by atoms with E-state index in [1.165, 1.54) is 35.4 Å². The van der Waals surface area contributed by atoms with Gasteiger partial charge in [-0.25, -0.2) is 0 Å². The Morgan fingerprint density at radius 2 is 0.688 bits per heavy atom. The first-order chi connectivity index (χ1) is 23.3. The Balaban J connectivity index is 0.970. The molecule has 0 saturated carbocycles. The van der Waals surface area contributed by atoms with Crippen molar-refractivity contribution in [2.75, 3.05) is 26.6 Å². The van der Waals surface area contributed by atoms with Gasteiger partial charge in [-0.1, -0.05) is 0 Å². The quantitative estimate of drug-likeness (QED) is 0.0731. The summed E-state index contributed by atoms with van der Waals surface area (Å²) in [6, 6.07) is 41.0. The summed E-state index contributed by atoms with van der Waals surface area (Å²) in [6.07, 6.45) is 0.777. The molecule has 1 heterocycles. The van der Waals surface area contributed by atoms with Crippen molar-refractivity contribution in [1.29, 1.82) is 0 Å². The molecule has 0 aliphatic carbocycles. The van der Waals surface area contributed by atoms with Crippen molar-refractivity contribution in [1.82, 2.24) is 0 Å². The molecule has 0 radical (unpaired) electrons. The zero-order valence-corrected chi connectivity index (χ0v) is 25.4. The highest BCUT2D eigenvalue weighted by Crippen LogP contribution is 2.37. The van der Waals surface area contributed by atoms with E-state index >= 15 is 0 Å². The Bertz CT molecular complexity index is 1960. The Labute approximate surface area is 275 Å². The number of benzene rings is 6. The molecule has 5 N–H and O–H groups in total. The summed E-state index contributed by atoms with van der Waals surface area (Å²) in [5.74, 6) is 0. The number of hydrogen-bond acceptors (Lipinski definition) is 9. The molecule has 0 bridgehead atoms. The van der Waals surface area contributed by atoms with Gasteiger partial charge in [0, 0.05) is 87.6 Å². The van der Waals surface area contributed by atoms with Crippen LogP contribution in [0.3, 0.4) is 0 Å². The number of nitrogens with one attached hydrogen (secondary N) is 5. The molecule has 236 valence electrons. The summed E-state index contributed by atoms with van der Waals surface area (Å²) in [4.78, 5) is 21.0. The predicted molar refractivity (Wildman–Crippen MR) is 191 cm³/mol. The van der Waals surface area contributed by atoms with E-state index in [-0.39, 0.29) is 11.4 Å². The highest BCUT2D eigenvalue weighted by molar-refractivity contribution is 5.78. The molecule has 0 amide bonds. The summed E-state index contributed by atoms with van der Waals surface area (Å²) in [6.45, 7) is 0. The monoisotopic (exact) mass is 635 g/mol. The van der Waals surface area contributed by atoms with Crippen molar-refractivity contribution >= 4 is 68.2 Å². The Kier molecular flexibility index (Phi) is 7.98. The van der Waals surface area contributed by atoms with Crippen LogP contribution in [0, 0.1) is 20.2 Å². The van der Waals surface area contributed by atoms with Gasteiger partial charge >= 0.3 is 0 Å². The first-order valence-corrected chi connectivity index (χ1v) is 15.1. The third-order valence-corrected chi connectivity index (χ3v) is 7.94. The lowest BCUT2D eigenvalue weighted by atomic mass is 9.96. The minimum Gasteiger partial charge on any atom is -0.356 e. The summed E-state index contributed by atoms with van der Waals surface area (Å²) in [5, 5.41) is 38.8. The fraction of sp³-hybridized carbons (Fsp3) is 0.0270.